The highest BCUT2D eigenvalue weighted by molar-refractivity contribution is 5.55. The molecule has 2 heteroatoms. The topological polar surface area (TPSA) is 29.5 Å². The van der Waals surface area contributed by atoms with Gasteiger partial charge in [0.05, 0.1) is 13.2 Å². The van der Waals surface area contributed by atoms with Crippen LogP contribution in [0.1, 0.15) is 26.3 Å². The van der Waals surface area contributed by atoms with Crippen molar-refractivity contribution in [3.63, 3.8) is 0 Å². The second kappa shape index (κ2) is 6.33. The van der Waals surface area contributed by atoms with E-state index in [4.69, 9.17) is 4.74 Å². The molecule has 0 bridgehead atoms. The third-order valence-electron chi connectivity index (χ3n) is 2.45. The second-order valence-electron chi connectivity index (χ2n) is 4.04. The molecule has 0 radical (unpaired) electrons. The molecule has 0 amide bonds. The summed E-state index contributed by atoms with van der Waals surface area (Å²) in [7, 11) is 0. The highest BCUT2D eigenvalue weighted by Gasteiger charge is 2.02. The van der Waals surface area contributed by atoms with Crippen LogP contribution in [-0.4, -0.2) is 18.3 Å². The molecular formula is C14H20O2. The molecule has 0 spiro atoms. The summed E-state index contributed by atoms with van der Waals surface area (Å²) in [5, 5.41) is 9.23. The van der Waals surface area contributed by atoms with Gasteiger partial charge in [0.2, 0.25) is 0 Å². The lowest BCUT2D eigenvalue weighted by molar-refractivity contribution is 0.320. The summed E-state index contributed by atoms with van der Waals surface area (Å²) in [5.74, 6) is 1.23. The summed E-state index contributed by atoms with van der Waals surface area (Å²) in [6, 6.07) is 7.91. The number of rotatable bonds is 5. The highest BCUT2D eigenvalue weighted by Crippen LogP contribution is 2.18. The van der Waals surface area contributed by atoms with Gasteiger partial charge in [0.1, 0.15) is 5.75 Å². The lowest BCUT2D eigenvalue weighted by Crippen LogP contribution is -1.99. The average Bonchev–Trinajstić information content (AvgIpc) is 2.26. The third kappa shape index (κ3) is 3.70. The monoisotopic (exact) mass is 220 g/mol. The van der Waals surface area contributed by atoms with Gasteiger partial charge in [0, 0.05) is 0 Å². The van der Waals surface area contributed by atoms with Crippen molar-refractivity contribution in [1.29, 1.82) is 0 Å². The van der Waals surface area contributed by atoms with Crippen LogP contribution in [0.2, 0.25) is 0 Å². The minimum absolute atomic E-state index is 0.108. The Morgan fingerprint density at radius 1 is 1.44 bits per heavy atom. The van der Waals surface area contributed by atoms with Gasteiger partial charge >= 0.3 is 0 Å². The molecule has 0 aliphatic carbocycles. The maximum Gasteiger partial charge on any atom is 0.119 e. The SMILES string of the molecule is CCOc1cccc(C=C(CO)C(C)C)c1. The van der Waals surface area contributed by atoms with Crippen molar-refractivity contribution in [2.75, 3.05) is 13.2 Å². The van der Waals surface area contributed by atoms with Crippen molar-refractivity contribution in [2.24, 2.45) is 5.92 Å². The second-order valence-corrected chi connectivity index (χ2v) is 4.04. The summed E-state index contributed by atoms with van der Waals surface area (Å²) in [6.07, 6.45) is 2.02. The van der Waals surface area contributed by atoms with Crippen LogP contribution in [0.4, 0.5) is 0 Å². The van der Waals surface area contributed by atoms with Crippen molar-refractivity contribution >= 4 is 6.08 Å². The Morgan fingerprint density at radius 3 is 2.75 bits per heavy atom. The van der Waals surface area contributed by atoms with Gasteiger partial charge in [-0.2, -0.15) is 0 Å². The smallest absolute Gasteiger partial charge is 0.119 e. The molecule has 0 aliphatic heterocycles. The molecule has 1 aromatic rings. The zero-order valence-electron chi connectivity index (χ0n) is 10.2. The van der Waals surface area contributed by atoms with E-state index < -0.39 is 0 Å². The molecule has 0 saturated heterocycles. The highest BCUT2D eigenvalue weighted by atomic mass is 16.5. The molecule has 0 saturated carbocycles. The molecule has 0 atom stereocenters. The average molecular weight is 220 g/mol. The summed E-state index contributed by atoms with van der Waals surface area (Å²) in [5.41, 5.74) is 2.11. The van der Waals surface area contributed by atoms with E-state index in [1.165, 1.54) is 0 Å². The van der Waals surface area contributed by atoms with Gasteiger partial charge in [0.25, 0.3) is 0 Å². The standard InChI is InChI=1S/C14H20O2/c1-4-16-14-7-5-6-12(9-14)8-13(10-15)11(2)3/h5-9,11,15H,4,10H2,1-3H3. The van der Waals surface area contributed by atoms with Crippen molar-refractivity contribution < 1.29 is 9.84 Å². The van der Waals surface area contributed by atoms with Gasteiger partial charge in [-0.3, -0.25) is 0 Å². The number of benzene rings is 1. The largest absolute Gasteiger partial charge is 0.494 e. The minimum Gasteiger partial charge on any atom is -0.494 e. The van der Waals surface area contributed by atoms with E-state index in [0.717, 1.165) is 16.9 Å². The van der Waals surface area contributed by atoms with E-state index in [-0.39, 0.29) is 6.61 Å². The number of ether oxygens (including phenoxy) is 1. The Morgan fingerprint density at radius 2 is 2.19 bits per heavy atom. The van der Waals surface area contributed by atoms with Crippen molar-refractivity contribution in [2.45, 2.75) is 20.8 Å². The lowest BCUT2D eigenvalue weighted by Gasteiger charge is -2.09. The van der Waals surface area contributed by atoms with Gasteiger partial charge in [-0.25, -0.2) is 0 Å². The van der Waals surface area contributed by atoms with Gasteiger partial charge < -0.3 is 9.84 Å². The first-order chi connectivity index (χ1) is 7.67. The fourth-order valence-corrected chi connectivity index (χ4v) is 1.47. The molecule has 0 aromatic heterocycles. The van der Waals surface area contributed by atoms with E-state index in [9.17, 15) is 5.11 Å². The molecule has 0 fully saturated rings. The summed E-state index contributed by atoms with van der Waals surface area (Å²) in [6.45, 7) is 6.90. The van der Waals surface area contributed by atoms with Crippen LogP contribution in [0.5, 0.6) is 5.75 Å². The van der Waals surface area contributed by atoms with Crippen molar-refractivity contribution in [3.8, 4) is 5.75 Å². The first-order valence-corrected chi connectivity index (χ1v) is 5.71. The van der Waals surface area contributed by atoms with Gasteiger partial charge in [-0.1, -0.05) is 32.1 Å². The molecule has 0 aliphatic rings. The first-order valence-electron chi connectivity index (χ1n) is 5.71. The van der Waals surface area contributed by atoms with E-state index in [1.54, 1.807) is 0 Å². The van der Waals surface area contributed by atoms with Crippen LogP contribution in [0, 0.1) is 5.92 Å². The van der Waals surface area contributed by atoms with Crippen LogP contribution in [0.15, 0.2) is 29.8 Å². The van der Waals surface area contributed by atoms with Crippen LogP contribution in [-0.2, 0) is 0 Å². The Hall–Kier alpha value is -1.28. The predicted octanol–water partition coefficient (Wildman–Crippen LogP) is 3.12. The van der Waals surface area contributed by atoms with Crippen LogP contribution < -0.4 is 4.74 Å². The molecule has 1 rings (SSSR count). The molecule has 0 heterocycles. The van der Waals surface area contributed by atoms with Gasteiger partial charge in [-0.15, -0.1) is 0 Å². The number of hydrogen-bond donors (Lipinski definition) is 1. The van der Waals surface area contributed by atoms with Crippen LogP contribution >= 0.6 is 0 Å². The van der Waals surface area contributed by atoms with E-state index in [1.807, 2.05) is 37.3 Å². The molecule has 2 nitrogen and oxygen atoms in total. The Bertz CT molecular complexity index is 354. The van der Waals surface area contributed by atoms with Gasteiger partial charge in [0.15, 0.2) is 0 Å². The Labute approximate surface area is 97.6 Å². The normalized spacial score (nSPS) is 11.9. The molecule has 88 valence electrons. The predicted molar refractivity (Wildman–Crippen MR) is 67.5 cm³/mol. The zero-order chi connectivity index (χ0) is 12.0. The maximum atomic E-state index is 9.23. The quantitative estimate of drug-likeness (QED) is 0.826. The lowest BCUT2D eigenvalue weighted by atomic mass is 10.0. The fraction of sp³-hybridized carbons (Fsp3) is 0.429. The van der Waals surface area contributed by atoms with E-state index >= 15 is 0 Å². The molecule has 1 aromatic carbocycles. The molecule has 16 heavy (non-hydrogen) atoms. The third-order valence-corrected chi connectivity index (χ3v) is 2.45. The molecule has 1 N–H and O–H groups in total. The summed E-state index contributed by atoms with van der Waals surface area (Å²) < 4.78 is 5.43. The molecular weight excluding hydrogens is 200 g/mol. The van der Waals surface area contributed by atoms with E-state index in [2.05, 4.69) is 13.8 Å². The van der Waals surface area contributed by atoms with Crippen molar-refractivity contribution in [3.05, 3.63) is 35.4 Å². The Kier molecular flexibility index (Phi) is 5.06. The first kappa shape index (κ1) is 12.8. The zero-order valence-corrected chi connectivity index (χ0v) is 10.2. The van der Waals surface area contributed by atoms with Crippen LogP contribution in [0.3, 0.4) is 0 Å². The van der Waals surface area contributed by atoms with E-state index in [0.29, 0.717) is 12.5 Å². The fourth-order valence-electron chi connectivity index (χ4n) is 1.47. The van der Waals surface area contributed by atoms with Gasteiger partial charge in [-0.05, 0) is 36.1 Å². The molecule has 0 unspecified atom stereocenters. The number of aliphatic hydroxyl groups excluding tert-OH is 1. The number of hydrogen-bond acceptors (Lipinski definition) is 2. The van der Waals surface area contributed by atoms with Crippen LogP contribution in [0.25, 0.3) is 6.08 Å². The Balaban J connectivity index is 2.91. The minimum atomic E-state index is 0.108. The summed E-state index contributed by atoms with van der Waals surface area (Å²) in [4.78, 5) is 0. The van der Waals surface area contributed by atoms with Crippen molar-refractivity contribution in [1.82, 2.24) is 0 Å². The maximum absolute atomic E-state index is 9.23. The summed E-state index contributed by atoms with van der Waals surface area (Å²) >= 11 is 0. The number of aliphatic hydroxyl groups is 1.